The molecule has 1 N–H and O–H groups in total. The average molecular weight is 343 g/mol. The molecule has 0 unspecified atom stereocenters. The first-order valence-corrected chi connectivity index (χ1v) is 7.72. The molecular weight excluding hydrogens is 324 g/mol. The Hall–Kier alpha value is -0.690. The van der Waals surface area contributed by atoms with E-state index in [1.165, 1.54) is 0 Å². The molecule has 0 aliphatic carbocycles. The largest absolute Gasteiger partial charge is 0.381 e. The van der Waals surface area contributed by atoms with E-state index in [1.807, 2.05) is 13.0 Å². The number of aryl methyl sites for hydroxylation is 1. The van der Waals surface area contributed by atoms with Crippen molar-refractivity contribution in [2.24, 2.45) is 0 Å². The SMILES string of the molecule is Cc1cc(Br)cnc1NC[C@H]1COC2(CCOCC2)O1. The quantitative estimate of drug-likeness (QED) is 0.914. The van der Waals surface area contributed by atoms with Crippen molar-refractivity contribution in [1.82, 2.24) is 4.98 Å². The van der Waals surface area contributed by atoms with Gasteiger partial charge in [-0.3, -0.25) is 0 Å². The predicted molar refractivity (Wildman–Crippen MR) is 78.8 cm³/mol. The summed E-state index contributed by atoms with van der Waals surface area (Å²) in [6, 6.07) is 2.04. The third kappa shape index (κ3) is 3.14. The number of hydrogen-bond donors (Lipinski definition) is 1. The van der Waals surface area contributed by atoms with E-state index in [9.17, 15) is 0 Å². The van der Waals surface area contributed by atoms with Crippen LogP contribution in [0.2, 0.25) is 0 Å². The lowest BCUT2D eigenvalue weighted by Crippen LogP contribution is -2.38. The lowest BCUT2D eigenvalue weighted by molar-refractivity contribution is -0.209. The average Bonchev–Trinajstić information content (AvgIpc) is 2.82. The second-order valence-electron chi connectivity index (χ2n) is 5.27. The first-order chi connectivity index (χ1) is 9.67. The molecule has 1 atom stereocenters. The smallest absolute Gasteiger partial charge is 0.173 e. The van der Waals surface area contributed by atoms with Crippen LogP contribution in [0.1, 0.15) is 18.4 Å². The highest BCUT2D eigenvalue weighted by atomic mass is 79.9. The van der Waals surface area contributed by atoms with E-state index in [0.29, 0.717) is 26.4 Å². The molecule has 0 radical (unpaired) electrons. The van der Waals surface area contributed by atoms with Crippen LogP contribution in [0.15, 0.2) is 16.7 Å². The highest BCUT2D eigenvalue weighted by molar-refractivity contribution is 9.10. The zero-order valence-corrected chi connectivity index (χ0v) is 13.1. The number of hydrogen-bond acceptors (Lipinski definition) is 5. The van der Waals surface area contributed by atoms with Crippen molar-refractivity contribution in [3.05, 3.63) is 22.3 Å². The van der Waals surface area contributed by atoms with Crippen molar-refractivity contribution in [3.63, 3.8) is 0 Å². The van der Waals surface area contributed by atoms with Crippen LogP contribution >= 0.6 is 15.9 Å². The Morgan fingerprint density at radius 1 is 1.45 bits per heavy atom. The van der Waals surface area contributed by atoms with Crippen LogP contribution in [-0.2, 0) is 14.2 Å². The number of nitrogens with zero attached hydrogens (tertiary/aromatic N) is 1. The summed E-state index contributed by atoms with van der Waals surface area (Å²) in [6.45, 7) is 4.80. The summed E-state index contributed by atoms with van der Waals surface area (Å²) in [6.07, 6.45) is 3.50. The normalized spacial score (nSPS) is 25.0. The lowest BCUT2D eigenvalue weighted by atomic mass is 10.1. The highest BCUT2D eigenvalue weighted by Gasteiger charge is 2.42. The van der Waals surface area contributed by atoms with Crippen LogP contribution in [-0.4, -0.2) is 43.2 Å². The third-order valence-electron chi connectivity index (χ3n) is 3.71. The van der Waals surface area contributed by atoms with Gasteiger partial charge in [-0.2, -0.15) is 0 Å². The molecule has 3 heterocycles. The second-order valence-corrected chi connectivity index (χ2v) is 6.19. The molecule has 0 amide bonds. The Kier molecular flexibility index (Phi) is 4.26. The molecular formula is C14H19BrN2O3. The minimum atomic E-state index is -0.410. The minimum Gasteiger partial charge on any atom is -0.381 e. The summed E-state index contributed by atoms with van der Waals surface area (Å²) in [7, 11) is 0. The number of aromatic nitrogens is 1. The van der Waals surface area contributed by atoms with Gasteiger partial charge in [0.25, 0.3) is 0 Å². The molecule has 3 rings (SSSR count). The maximum absolute atomic E-state index is 6.07. The molecule has 5 nitrogen and oxygen atoms in total. The number of ether oxygens (including phenoxy) is 3. The Morgan fingerprint density at radius 3 is 3.00 bits per heavy atom. The summed E-state index contributed by atoms with van der Waals surface area (Å²) in [5, 5.41) is 3.34. The summed E-state index contributed by atoms with van der Waals surface area (Å²) in [5.41, 5.74) is 1.11. The molecule has 20 heavy (non-hydrogen) atoms. The van der Waals surface area contributed by atoms with E-state index in [-0.39, 0.29) is 6.10 Å². The van der Waals surface area contributed by atoms with Crippen molar-refractivity contribution in [2.75, 3.05) is 31.7 Å². The number of rotatable bonds is 3. The molecule has 2 aliphatic heterocycles. The van der Waals surface area contributed by atoms with Crippen molar-refractivity contribution in [2.45, 2.75) is 31.7 Å². The van der Waals surface area contributed by atoms with Gasteiger partial charge in [0.15, 0.2) is 5.79 Å². The van der Waals surface area contributed by atoms with Gasteiger partial charge in [-0.25, -0.2) is 4.98 Å². The molecule has 1 aromatic rings. The van der Waals surface area contributed by atoms with E-state index >= 15 is 0 Å². The second kappa shape index (κ2) is 5.97. The number of nitrogens with one attached hydrogen (secondary N) is 1. The monoisotopic (exact) mass is 342 g/mol. The van der Waals surface area contributed by atoms with Gasteiger partial charge in [0.05, 0.1) is 19.8 Å². The lowest BCUT2D eigenvalue weighted by Gasteiger charge is -2.31. The Bertz CT molecular complexity index is 477. The van der Waals surface area contributed by atoms with Crippen LogP contribution in [0.25, 0.3) is 0 Å². The first kappa shape index (κ1) is 14.3. The van der Waals surface area contributed by atoms with Crippen molar-refractivity contribution >= 4 is 21.7 Å². The highest BCUT2D eigenvalue weighted by Crippen LogP contribution is 2.33. The zero-order chi connectivity index (χ0) is 14.0. The Labute approximate surface area is 127 Å². The van der Waals surface area contributed by atoms with Crippen LogP contribution in [0.3, 0.4) is 0 Å². The fourth-order valence-corrected chi connectivity index (χ4v) is 3.04. The summed E-state index contributed by atoms with van der Waals surface area (Å²) in [5.74, 6) is 0.483. The topological polar surface area (TPSA) is 52.6 Å². The summed E-state index contributed by atoms with van der Waals surface area (Å²) >= 11 is 3.41. The molecule has 2 aliphatic rings. The molecule has 6 heteroatoms. The predicted octanol–water partition coefficient (Wildman–Crippen LogP) is 2.49. The van der Waals surface area contributed by atoms with Crippen molar-refractivity contribution in [1.29, 1.82) is 0 Å². The van der Waals surface area contributed by atoms with Crippen LogP contribution < -0.4 is 5.32 Å². The number of halogens is 1. The van der Waals surface area contributed by atoms with Gasteiger partial charge in [0.1, 0.15) is 11.9 Å². The van der Waals surface area contributed by atoms with E-state index in [4.69, 9.17) is 14.2 Å². The van der Waals surface area contributed by atoms with E-state index < -0.39 is 5.79 Å². The minimum absolute atomic E-state index is 0.0675. The van der Waals surface area contributed by atoms with E-state index in [0.717, 1.165) is 28.7 Å². The van der Waals surface area contributed by atoms with Crippen molar-refractivity contribution in [3.8, 4) is 0 Å². The zero-order valence-electron chi connectivity index (χ0n) is 11.5. The maximum Gasteiger partial charge on any atom is 0.173 e. The molecule has 1 spiro atoms. The molecule has 2 saturated heterocycles. The van der Waals surface area contributed by atoms with Gasteiger partial charge >= 0.3 is 0 Å². The molecule has 0 bridgehead atoms. The third-order valence-corrected chi connectivity index (χ3v) is 4.14. The maximum atomic E-state index is 6.07. The molecule has 2 fully saturated rings. The fourth-order valence-electron chi connectivity index (χ4n) is 2.60. The first-order valence-electron chi connectivity index (χ1n) is 6.92. The van der Waals surface area contributed by atoms with Gasteiger partial charge in [0, 0.05) is 30.1 Å². The fraction of sp³-hybridized carbons (Fsp3) is 0.643. The van der Waals surface area contributed by atoms with E-state index in [1.54, 1.807) is 6.20 Å². The number of pyridine rings is 1. The van der Waals surface area contributed by atoms with Gasteiger partial charge in [-0.1, -0.05) is 0 Å². The van der Waals surface area contributed by atoms with Crippen LogP contribution in [0.4, 0.5) is 5.82 Å². The van der Waals surface area contributed by atoms with Crippen LogP contribution in [0.5, 0.6) is 0 Å². The van der Waals surface area contributed by atoms with Gasteiger partial charge in [-0.05, 0) is 34.5 Å². The van der Waals surface area contributed by atoms with Gasteiger partial charge in [0.2, 0.25) is 0 Å². The summed E-state index contributed by atoms with van der Waals surface area (Å²) < 4.78 is 18.3. The molecule has 0 saturated carbocycles. The Morgan fingerprint density at radius 2 is 2.25 bits per heavy atom. The molecule has 0 aromatic carbocycles. The van der Waals surface area contributed by atoms with E-state index in [2.05, 4.69) is 26.2 Å². The molecule has 1 aromatic heterocycles. The summed E-state index contributed by atoms with van der Waals surface area (Å²) in [4.78, 5) is 4.37. The van der Waals surface area contributed by atoms with Gasteiger partial charge in [-0.15, -0.1) is 0 Å². The Balaban J connectivity index is 1.54. The van der Waals surface area contributed by atoms with Crippen molar-refractivity contribution < 1.29 is 14.2 Å². The van der Waals surface area contributed by atoms with Crippen LogP contribution in [0, 0.1) is 6.92 Å². The standard InChI is InChI=1S/C14H19BrN2O3/c1-10-6-11(15)7-16-13(10)17-8-12-9-19-14(20-12)2-4-18-5-3-14/h6-7,12H,2-5,8-9H2,1H3,(H,16,17)/t12-/m0/s1. The number of anilines is 1. The van der Waals surface area contributed by atoms with Gasteiger partial charge < -0.3 is 19.5 Å². The molecule has 110 valence electrons.